The number of ether oxygens (including phenoxy) is 2. The van der Waals surface area contributed by atoms with Gasteiger partial charge in [0.25, 0.3) is 0 Å². The monoisotopic (exact) mass is 315 g/mol. The maximum Gasteiger partial charge on any atom is 0.344 e. The number of aromatic nitrogens is 3. The summed E-state index contributed by atoms with van der Waals surface area (Å²) in [5.74, 6) is -0.0314. The molecular formula is C17H21N3O3. The zero-order chi connectivity index (χ0) is 16.2. The summed E-state index contributed by atoms with van der Waals surface area (Å²) in [5, 5.41) is 4.33. The Labute approximate surface area is 134 Å². The molecule has 3 atom stereocenters. The topological polar surface area (TPSA) is 65.7 Å². The van der Waals surface area contributed by atoms with Crippen molar-refractivity contribution in [1.82, 2.24) is 14.6 Å². The molecule has 0 N–H and O–H groups in total. The number of nitrogens with zero attached hydrogens (tertiary/aromatic N) is 3. The van der Waals surface area contributed by atoms with Crippen molar-refractivity contribution in [3.63, 3.8) is 0 Å². The first kappa shape index (κ1) is 14.6. The largest absolute Gasteiger partial charge is 0.458 e. The van der Waals surface area contributed by atoms with Crippen molar-refractivity contribution in [3.8, 4) is 0 Å². The first-order valence-corrected chi connectivity index (χ1v) is 8.12. The summed E-state index contributed by atoms with van der Waals surface area (Å²) in [6, 6.07) is 1.79. The smallest absolute Gasteiger partial charge is 0.344 e. The van der Waals surface area contributed by atoms with Crippen molar-refractivity contribution in [2.45, 2.75) is 45.8 Å². The SMILES string of the molecule is Cc1nn2cccnc2c1C(=O)O[C@@H]1[C@H]2CCCO[C@@H]2C1(C)C. The molecule has 3 heterocycles. The summed E-state index contributed by atoms with van der Waals surface area (Å²) in [5.41, 5.74) is 1.50. The van der Waals surface area contributed by atoms with Crippen LogP contribution in [0.1, 0.15) is 42.7 Å². The lowest BCUT2D eigenvalue weighted by Crippen LogP contribution is -2.65. The molecule has 122 valence electrons. The van der Waals surface area contributed by atoms with Gasteiger partial charge in [0, 0.05) is 30.3 Å². The van der Waals surface area contributed by atoms with E-state index in [2.05, 4.69) is 23.9 Å². The number of rotatable bonds is 2. The second-order valence-electron chi connectivity index (χ2n) is 7.09. The molecular weight excluding hydrogens is 294 g/mol. The molecule has 2 aliphatic rings. The second-order valence-corrected chi connectivity index (χ2v) is 7.09. The minimum absolute atomic E-state index is 0.113. The fourth-order valence-corrected chi connectivity index (χ4v) is 4.13. The highest BCUT2D eigenvalue weighted by atomic mass is 16.6. The minimum Gasteiger partial charge on any atom is -0.458 e. The number of fused-ring (bicyclic) bond motifs is 2. The lowest BCUT2D eigenvalue weighted by Gasteiger charge is -2.58. The first-order chi connectivity index (χ1) is 11.0. The summed E-state index contributed by atoms with van der Waals surface area (Å²) >= 11 is 0. The molecule has 23 heavy (non-hydrogen) atoms. The van der Waals surface area contributed by atoms with Gasteiger partial charge in [0.05, 0.1) is 11.8 Å². The maximum absolute atomic E-state index is 12.7. The van der Waals surface area contributed by atoms with Crippen molar-refractivity contribution in [3.05, 3.63) is 29.7 Å². The van der Waals surface area contributed by atoms with Crippen LogP contribution in [0.25, 0.3) is 5.65 Å². The van der Waals surface area contributed by atoms with E-state index < -0.39 is 0 Å². The van der Waals surface area contributed by atoms with Crippen LogP contribution in [0.3, 0.4) is 0 Å². The predicted molar refractivity (Wildman–Crippen MR) is 83.2 cm³/mol. The molecule has 1 aliphatic carbocycles. The Balaban J connectivity index is 1.61. The van der Waals surface area contributed by atoms with Crippen molar-refractivity contribution in [1.29, 1.82) is 0 Å². The molecule has 1 saturated carbocycles. The molecule has 0 aromatic carbocycles. The summed E-state index contributed by atoms with van der Waals surface area (Å²) in [6.45, 7) is 6.84. The molecule has 6 heteroatoms. The van der Waals surface area contributed by atoms with Crippen LogP contribution in [0.5, 0.6) is 0 Å². The summed E-state index contributed by atoms with van der Waals surface area (Å²) < 4.78 is 13.4. The normalized spacial score (nSPS) is 28.9. The van der Waals surface area contributed by atoms with Crippen LogP contribution in [0.2, 0.25) is 0 Å². The Morgan fingerprint density at radius 3 is 3.13 bits per heavy atom. The van der Waals surface area contributed by atoms with Gasteiger partial charge in [0.2, 0.25) is 0 Å². The Morgan fingerprint density at radius 1 is 1.48 bits per heavy atom. The number of carbonyl (C=O) groups excluding carboxylic acids is 1. The van der Waals surface area contributed by atoms with E-state index in [1.807, 2.05) is 6.92 Å². The average molecular weight is 315 g/mol. The van der Waals surface area contributed by atoms with Gasteiger partial charge in [-0.2, -0.15) is 5.10 Å². The number of hydrogen-bond acceptors (Lipinski definition) is 5. The third kappa shape index (κ3) is 2.08. The third-order valence-corrected chi connectivity index (χ3v) is 5.23. The fourth-order valence-electron chi connectivity index (χ4n) is 4.13. The van der Waals surface area contributed by atoms with Gasteiger partial charge >= 0.3 is 5.97 Å². The predicted octanol–water partition coefficient (Wildman–Crippen LogP) is 2.40. The zero-order valence-corrected chi connectivity index (χ0v) is 13.7. The van der Waals surface area contributed by atoms with Gasteiger partial charge in [-0.3, -0.25) is 0 Å². The molecule has 1 saturated heterocycles. The quantitative estimate of drug-likeness (QED) is 0.796. The van der Waals surface area contributed by atoms with E-state index in [4.69, 9.17) is 9.47 Å². The van der Waals surface area contributed by atoms with E-state index in [1.54, 1.807) is 23.0 Å². The van der Waals surface area contributed by atoms with Gasteiger partial charge in [0.15, 0.2) is 5.65 Å². The molecule has 2 aromatic heterocycles. The van der Waals surface area contributed by atoms with Gasteiger partial charge in [-0.1, -0.05) is 13.8 Å². The standard InChI is InChI=1S/C17H21N3O3/c1-10-12(15-18-7-5-8-20(15)19-10)16(21)23-14-11-6-4-9-22-13(11)17(14,2)3/h5,7-8,11,13-14H,4,6,9H2,1-3H3/t11-,13-,14+/m0/s1. The van der Waals surface area contributed by atoms with E-state index in [9.17, 15) is 4.79 Å². The van der Waals surface area contributed by atoms with Gasteiger partial charge in [-0.25, -0.2) is 14.3 Å². The Kier molecular flexibility index (Phi) is 3.20. The van der Waals surface area contributed by atoms with Crippen LogP contribution in [0, 0.1) is 18.3 Å². The summed E-state index contributed by atoms with van der Waals surface area (Å²) in [7, 11) is 0. The van der Waals surface area contributed by atoms with E-state index in [-0.39, 0.29) is 23.6 Å². The molecule has 6 nitrogen and oxygen atoms in total. The summed E-state index contributed by atoms with van der Waals surface area (Å²) in [6.07, 6.45) is 5.60. The van der Waals surface area contributed by atoms with Crippen LogP contribution in [0.15, 0.2) is 18.5 Å². The number of carbonyl (C=O) groups is 1. The van der Waals surface area contributed by atoms with Crippen LogP contribution < -0.4 is 0 Å². The molecule has 0 radical (unpaired) electrons. The number of hydrogen-bond donors (Lipinski definition) is 0. The lowest BCUT2D eigenvalue weighted by atomic mass is 9.57. The van der Waals surface area contributed by atoms with Crippen molar-refractivity contribution >= 4 is 11.6 Å². The fraction of sp³-hybridized carbons (Fsp3) is 0.588. The Morgan fingerprint density at radius 2 is 2.30 bits per heavy atom. The lowest BCUT2D eigenvalue weighted by molar-refractivity contribution is -0.243. The molecule has 4 rings (SSSR count). The van der Waals surface area contributed by atoms with Gasteiger partial charge in [0.1, 0.15) is 11.7 Å². The van der Waals surface area contributed by atoms with Crippen LogP contribution in [-0.4, -0.2) is 39.4 Å². The molecule has 0 unspecified atom stereocenters. The van der Waals surface area contributed by atoms with Crippen LogP contribution in [0.4, 0.5) is 0 Å². The van der Waals surface area contributed by atoms with Crippen molar-refractivity contribution < 1.29 is 14.3 Å². The average Bonchev–Trinajstić information content (AvgIpc) is 2.88. The van der Waals surface area contributed by atoms with E-state index in [0.29, 0.717) is 22.8 Å². The van der Waals surface area contributed by atoms with Crippen molar-refractivity contribution in [2.75, 3.05) is 6.61 Å². The number of esters is 1. The molecule has 1 aliphatic heterocycles. The van der Waals surface area contributed by atoms with Crippen LogP contribution >= 0.6 is 0 Å². The molecule has 2 aromatic rings. The maximum atomic E-state index is 12.7. The van der Waals surface area contributed by atoms with Gasteiger partial charge in [-0.05, 0) is 25.8 Å². The molecule has 2 fully saturated rings. The molecule has 0 bridgehead atoms. The van der Waals surface area contributed by atoms with Gasteiger partial charge in [-0.15, -0.1) is 0 Å². The van der Waals surface area contributed by atoms with Crippen molar-refractivity contribution in [2.24, 2.45) is 11.3 Å². The van der Waals surface area contributed by atoms with E-state index in [1.165, 1.54) is 0 Å². The first-order valence-electron chi connectivity index (χ1n) is 8.12. The highest BCUT2D eigenvalue weighted by molar-refractivity contribution is 5.97. The molecule has 0 amide bonds. The highest BCUT2D eigenvalue weighted by Crippen LogP contribution is 2.53. The van der Waals surface area contributed by atoms with E-state index in [0.717, 1.165) is 19.4 Å². The third-order valence-electron chi connectivity index (χ3n) is 5.23. The molecule has 0 spiro atoms. The van der Waals surface area contributed by atoms with Gasteiger partial charge < -0.3 is 9.47 Å². The second kappa shape index (κ2) is 5.03. The minimum atomic E-state index is -0.335. The summed E-state index contributed by atoms with van der Waals surface area (Å²) in [4.78, 5) is 17.0. The zero-order valence-electron chi connectivity index (χ0n) is 13.7. The van der Waals surface area contributed by atoms with E-state index >= 15 is 0 Å². The highest BCUT2D eigenvalue weighted by Gasteiger charge is 2.60. The number of aryl methyl sites for hydroxylation is 1. The van der Waals surface area contributed by atoms with Crippen LogP contribution in [-0.2, 0) is 9.47 Å². The Hall–Kier alpha value is -1.95. The Bertz CT molecular complexity index is 768.